The van der Waals surface area contributed by atoms with E-state index in [0.29, 0.717) is 16.6 Å². The first-order valence-corrected chi connectivity index (χ1v) is 9.54. The van der Waals surface area contributed by atoms with Crippen molar-refractivity contribution in [2.45, 2.75) is 13.8 Å². The minimum atomic E-state index is -0.317. The number of carbonyl (C=O) groups excluding carboxylic acids is 2. The van der Waals surface area contributed by atoms with Crippen LogP contribution in [0.25, 0.3) is 10.2 Å². The quantitative estimate of drug-likeness (QED) is 0.629. The zero-order chi connectivity index (χ0) is 20.1. The van der Waals surface area contributed by atoms with Gasteiger partial charge in [0.15, 0.2) is 11.7 Å². The van der Waals surface area contributed by atoms with E-state index in [-0.39, 0.29) is 24.3 Å². The number of benzene rings is 2. The smallest absolute Gasteiger partial charge is 0.264 e. The Morgan fingerprint density at radius 2 is 1.93 bits per heavy atom. The lowest BCUT2D eigenvalue weighted by Crippen LogP contribution is -2.20. The summed E-state index contributed by atoms with van der Waals surface area (Å²) in [6.07, 6.45) is 0. The second-order valence-electron chi connectivity index (χ2n) is 6.36. The highest BCUT2D eigenvalue weighted by atomic mass is 32.1. The van der Waals surface area contributed by atoms with Crippen molar-refractivity contribution in [2.24, 2.45) is 5.92 Å². The molecule has 0 aliphatic carbocycles. The first kappa shape index (κ1) is 19.6. The molecule has 146 valence electrons. The van der Waals surface area contributed by atoms with Gasteiger partial charge in [0.25, 0.3) is 5.91 Å². The number of anilines is 2. The number of hydrogen-bond acceptors (Lipinski definition) is 6. The van der Waals surface area contributed by atoms with E-state index in [9.17, 15) is 9.59 Å². The van der Waals surface area contributed by atoms with Crippen molar-refractivity contribution in [3.63, 3.8) is 0 Å². The van der Waals surface area contributed by atoms with Gasteiger partial charge in [0.2, 0.25) is 5.91 Å². The Hall–Kier alpha value is -3.13. The Labute approximate surface area is 166 Å². The molecule has 2 N–H and O–H groups in total. The van der Waals surface area contributed by atoms with Gasteiger partial charge in [-0.3, -0.25) is 14.9 Å². The van der Waals surface area contributed by atoms with Crippen molar-refractivity contribution in [3.05, 3.63) is 42.5 Å². The largest absolute Gasteiger partial charge is 0.497 e. The van der Waals surface area contributed by atoms with Crippen LogP contribution in [0.5, 0.6) is 11.5 Å². The van der Waals surface area contributed by atoms with Gasteiger partial charge in [0, 0.05) is 17.7 Å². The molecule has 3 rings (SSSR count). The van der Waals surface area contributed by atoms with Crippen molar-refractivity contribution in [1.29, 1.82) is 0 Å². The number of hydrogen-bond donors (Lipinski definition) is 2. The summed E-state index contributed by atoms with van der Waals surface area (Å²) in [5.41, 5.74) is 1.41. The summed E-state index contributed by atoms with van der Waals surface area (Å²) in [6.45, 7) is 3.47. The molecule has 28 heavy (non-hydrogen) atoms. The molecule has 7 nitrogen and oxygen atoms in total. The molecule has 0 saturated carbocycles. The van der Waals surface area contributed by atoms with Crippen LogP contribution in [0.3, 0.4) is 0 Å². The zero-order valence-electron chi connectivity index (χ0n) is 15.8. The summed E-state index contributed by atoms with van der Waals surface area (Å²) in [5, 5.41) is 6.02. The lowest BCUT2D eigenvalue weighted by atomic mass is 10.2. The molecule has 3 aromatic rings. The van der Waals surface area contributed by atoms with E-state index in [1.807, 2.05) is 32.0 Å². The Bertz CT molecular complexity index is 1000. The van der Waals surface area contributed by atoms with Gasteiger partial charge in [-0.2, -0.15) is 0 Å². The molecule has 0 fully saturated rings. The Balaban J connectivity index is 1.58. The van der Waals surface area contributed by atoms with Crippen molar-refractivity contribution in [1.82, 2.24) is 4.98 Å². The Morgan fingerprint density at radius 1 is 1.11 bits per heavy atom. The van der Waals surface area contributed by atoms with Crippen LogP contribution in [0.4, 0.5) is 10.8 Å². The van der Waals surface area contributed by atoms with Crippen LogP contribution in [-0.2, 0) is 9.59 Å². The van der Waals surface area contributed by atoms with Gasteiger partial charge >= 0.3 is 0 Å². The lowest BCUT2D eigenvalue weighted by molar-refractivity contribution is -0.119. The Kier molecular flexibility index (Phi) is 6.10. The first-order valence-electron chi connectivity index (χ1n) is 8.73. The predicted octanol–water partition coefficient (Wildman–Crippen LogP) is 3.92. The molecule has 0 aliphatic rings. The second-order valence-corrected chi connectivity index (χ2v) is 7.39. The van der Waals surface area contributed by atoms with Crippen molar-refractivity contribution >= 4 is 44.2 Å². The molecule has 0 bridgehead atoms. The van der Waals surface area contributed by atoms with Crippen molar-refractivity contribution < 1.29 is 19.1 Å². The topological polar surface area (TPSA) is 89.6 Å². The summed E-state index contributed by atoms with van der Waals surface area (Å²) in [4.78, 5) is 28.3. The van der Waals surface area contributed by atoms with Gasteiger partial charge in [-0.15, -0.1) is 0 Å². The number of thiazole rings is 1. The van der Waals surface area contributed by atoms with Gasteiger partial charge in [-0.05, 0) is 30.3 Å². The Morgan fingerprint density at radius 3 is 2.68 bits per heavy atom. The third-order valence-corrected chi connectivity index (χ3v) is 4.77. The molecule has 0 atom stereocenters. The normalized spacial score (nSPS) is 10.7. The fourth-order valence-corrected chi connectivity index (χ4v) is 3.25. The van der Waals surface area contributed by atoms with E-state index in [1.165, 1.54) is 11.3 Å². The lowest BCUT2D eigenvalue weighted by Gasteiger charge is -2.10. The number of aromatic nitrogens is 1. The van der Waals surface area contributed by atoms with E-state index in [2.05, 4.69) is 15.6 Å². The maximum absolute atomic E-state index is 12.2. The van der Waals surface area contributed by atoms with Crippen molar-refractivity contribution in [2.75, 3.05) is 24.4 Å². The van der Waals surface area contributed by atoms with Gasteiger partial charge in [-0.25, -0.2) is 4.98 Å². The molecule has 0 spiro atoms. The van der Waals surface area contributed by atoms with Crippen LogP contribution in [0.2, 0.25) is 0 Å². The molecule has 8 heteroatoms. The van der Waals surface area contributed by atoms with E-state index < -0.39 is 0 Å². The van der Waals surface area contributed by atoms with Crippen LogP contribution in [0.1, 0.15) is 13.8 Å². The maximum atomic E-state index is 12.2. The minimum absolute atomic E-state index is 0.0811. The third-order valence-electron chi connectivity index (χ3n) is 3.84. The maximum Gasteiger partial charge on any atom is 0.264 e. The zero-order valence-corrected chi connectivity index (χ0v) is 16.6. The van der Waals surface area contributed by atoms with Crippen LogP contribution in [0, 0.1) is 5.92 Å². The van der Waals surface area contributed by atoms with Gasteiger partial charge < -0.3 is 14.8 Å². The highest BCUT2D eigenvalue weighted by molar-refractivity contribution is 7.22. The molecule has 1 heterocycles. The number of fused-ring (bicyclic) bond motifs is 1. The third kappa shape index (κ3) is 4.98. The molecular weight excluding hydrogens is 378 g/mol. The van der Waals surface area contributed by atoms with Gasteiger partial charge in [0.05, 0.1) is 17.3 Å². The van der Waals surface area contributed by atoms with Crippen LogP contribution < -0.4 is 20.1 Å². The van der Waals surface area contributed by atoms with E-state index in [1.54, 1.807) is 31.4 Å². The van der Waals surface area contributed by atoms with E-state index >= 15 is 0 Å². The van der Waals surface area contributed by atoms with E-state index in [4.69, 9.17) is 9.47 Å². The molecule has 1 aromatic heterocycles. The number of methoxy groups -OCH3 is 1. The summed E-state index contributed by atoms with van der Waals surface area (Å²) in [7, 11) is 1.60. The average Bonchev–Trinajstić information content (AvgIpc) is 3.07. The fraction of sp³-hybridized carbons (Fsp3) is 0.250. The molecule has 0 aliphatic heterocycles. The number of carbonyl (C=O) groups is 2. The van der Waals surface area contributed by atoms with E-state index in [0.717, 1.165) is 16.0 Å². The van der Waals surface area contributed by atoms with Gasteiger partial charge in [0.1, 0.15) is 11.5 Å². The molecule has 0 saturated heterocycles. The highest BCUT2D eigenvalue weighted by Crippen LogP contribution is 2.29. The first-order chi connectivity index (χ1) is 13.4. The number of rotatable bonds is 7. The SMILES string of the molecule is COc1ccc2nc(NC(=O)COc3cccc(NC(=O)C(C)C)c3)sc2c1. The highest BCUT2D eigenvalue weighted by Gasteiger charge is 2.11. The van der Waals surface area contributed by atoms with Crippen LogP contribution in [0.15, 0.2) is 42.5 Å². The van der Waals surface area contributed by atoms with Crippen molar-refractivity contribution in [3.8, 4) is 11.5 Å². The summed E-state index contributed by atoms with van der Waals surface area (Å²) >= 11 is 1.36. The minimum Gasteiger partial charge on any atom is -0.497 e. The number of ether oxygens (including phenoxy) is 2. The molecule has 2 aromatic carbocycles. The molecule has 0 unspecified atom stereocenters. The summed E-state index contributed by atoms with van der Waals surface area (Å²) in [5.74, 6) is 0.710. The number of amides is 2. The van der Waals surface area contributed by atoms with Crippen LogP contribution >= 0.6 is 11.3 Å². The molecule has 0 radical (unpaired) electrons. The fourth-order valence-electron chi connectivity index (χ4n) is 2.34. The molecular formula is C20H21N3O4S. The second kappa shape index (κ2) is 8.71. The van der Waals surface area contributed by atoms with Gasteiger partial charge in [-0.1, -0.05) is 31.3 Å². The summed E-state index contributed by atoms with van der Waals surface area (Å²) in [6, 6.07) is 12.5. The summed E-state index contributed by atoms with van der Waals surface area (Å²) < 4.78 is 11.6. The number of nitrogens with zero attached hydrogens (tertiary/aromatic N) is 1. The van der Waals surface area contributed by atoms with Crippen LogP contribution in [-0.4, -0.2) is 30.5 Å². The predicted molar refractivity (Wildman–Crippen MR) is 110 cm³/mol. The monoisotopic (exact) mass is 399 g/mol. The average molecular weight is 399 g/mol. The standard InChI is InChI=1S/C20H21N3O4S/c1-12(2)19(25)21-13-5-4-6-15(9-13)27-11-18(24)23-20-22-16-8-7-14(26-3)10-17(16)28-20/h4-10,12H,11H2,1-3H3,(H,21,25)(H,22,23,24). The number of nitrogens with one attached hydrogen (secondary N) is 2. The molecule has 2 amide bonds.